The van der Waals surface area contributed by atoms with Crippen LogP contribution >= 0.6 is 0 Å². The topological polar surface area (TPSA) is 32.7 Å². The van der Waals surface area contributed by atoms with E-state index in [0.29, 0.717) is 6.54 Å². The van der Waals surface area contributed by atoms with E-state index in [1.807, 2.05) is 24.3 Å². The second-order valence-electron chi connectivity index (χ2n) is 3.43. The summed E-state index contributed by atoms with van der Waals surface area (Å²) in [6.45, 7) is 0.597. The van der Waals surface area contributed by atoms with E-state index in [0.717, 1.165) is 11.1 Å². The van der Waals surface area contributed by atoms with Gasteiger partial charge in [-0.1, -0.05) is 30.3 Å². The maximum Gasteiger partial charge on any atom is 0.0712 e. The van der Waals surface area contributed by atoms with Gasteiger partial charge in [0.1, 0.15) is 0 Å². The highest BCUT2D eigenvalue weighted by molar-refractivity contribution is 5.99. The molecule has 0 unspecified atom stereocenters. The molecular weight excluding hydrogens is 176 g/mol. The molecule has 2 aromatic carbocycles. The van der Waals surface area contributed by atoms with E-state index in [-0.39, 0.29) is 0 Å². The van der Waals surface area contributed by atoms with Crippen LogP contribution in [0.1, 0.15) is 5.56 Å². The minimum atomic E-state index is 0.597. The van der Waals surface area contributed by atoms with Crippen LogP contribution in [0, 0.1) is 4.91 Å². The van der Waals surface area contributed by atoms with E-state index in [1.54, 1.807) is 0 Å². The monoisotopic (exact) mass is 184 g/mol. The largest absolute Gasteiger partial charge is 0.224 e. The van der Waals surface area contributed by atoms with Crippen LogP contribution in [0.3, 0.4) is 0 Å². The van der Waals surface area contributed by atoms with Crippen LogP contribution in [-0.2, 0) is 6.54 Å². The first-order valence-corrected chi connectivity index (χ1v) is 4.51. The van der Waals surface area contributed by atoms with Crippen molar-refractivity contribution >= 4 is 16.5 Å². The fourth-order valence-electron chi connectivity index (χ4n) is 2.06. The molecule has 0 aromatic heterocycles. The Balaban J connectivity index is 2.43. The van der Waals surface area contributed by atoms with Crippen LogP contribution in [0.2, 0.25) is 0 Å². The first-order chi connectivity index (χ1) is 6.90. The molecule has 0 bridgehead atoms. The maximum atomic E-state index is 10.6. The standard InChI is InChI=1S/C11H8N2O/c14-12-13-7-9-5-1-3-8-4-2-6-10(13)11(8)9/h1-6H,7H2. The molecule has 1 aliphatic heterocycles. The Bertz CT molecular complexity index is 516. The number of benzene rings is 2. The molecule has 0 fully saturated rings. The highest BCUT2D eigenvalue weighted by Gasteiger charge is 2.20. The molecule has 0 N–H and O–H groups in total. The summed E-state index contributed by atoms with van der Waals surface area (Å²) in [4.78, 5) is 10.6. The van der Waals surface area contributed by atoms with Gasteiger partial charge in [0.25, 0.3) is 0 Å². The second-order valence-corrected chi connectivity index (χ2v) is 3.43. The van der Waals surface area contributed by atoms with Crippen LogP contribution in [0.15, 0.2) is 41.7 Å². The van der Waals surface area contributed by atoms with Crippen LogP contribution in [0.4, 0.5) is 5.69 Å². The minimum Gasteiger partial charge on any atom is -0.224 e. The Kier molecular flexibility index (Phi) is 1.36. The van der Waals surface area contributed by atoms with E-state index >= 15 is 0 Å². The zero-order valence-electron chi connectivity index (χ0n) is 7.47. The molecule has 1 heterocycles. The molecule has 0 atom stereocenters. The fourth-order valence-corrected chi connectivity index (χ4v) is 2.06. The van der Waals surface area contributed by atoms with E-state index in [2.05, 4.69) is 17.4 Å². The summed E-state index contributed by atoms with van der Waals surface area (Å²) >= 11 is 0. The number of hydrogen-bond donors (Lipinski definition) is 0. The van der Waals surface area contributed by atoms with Crippen LogP contribution in [-0.4, -0.2) is 0 Å². The molecule has 0 aliphatic carbocycles. The van der Waals surface area contributed by atoms with Crippen molar-refractivity contribution in [3.63, 3.8) is 0 Å². The lowest BCUT2D eigenvalue weighted by atomic mass is 10.1. The number of nitrogens with zero attached hydrogens (tertiary/aromatic N) is 2. The molecule has 1 aliphatic rings. The molecule has 2 aromatic rings. The Morgan fingerprint density at radius 2 is 1.93 bits per heavy atom. The summed E-state index contributed by atoms with van der Waals surface area (Å²) in [6, 6.07) is 12.0. The van der Waals surface area contributed by atoms with Crippen molar-refractivity contribution in [2.24, 2.45) is 5.29 Å². The predicted octanol–water partition coefficient (Wildman–Crippen LogP) is 2.84. The van der Waals surface area contributed by atoms with E-state index in [4.69, 9.17) is 0 Å². The maximum absolute atomic E-state index is 10.6. The predicted molar refractivity (Wildman–Crippen MR) is 55.9 cm³/mol. The fraction of sp³-hybridized carbons (Fsp3) is 0.0909. The third-order valence-electron chi connectivity index (χ3n) is 2.67. The third-order valence-corrected chi connectivity index (χ3v) is 2.67. The molecule has 3 rings (SSSR count). The van der Waals surface area contributed by atoms with Crippen molar-refractivity contribution in [1.29, 1.82) is 0 Å². The van der Waals surface area contributed by atoms with Crippen molar-refractivity contribution in [2.75, 3.05) is 5.01 Å². The van der Waals surface area contributed by atoms with Crippen LogP contribution < -0.4 is 5.01 Å². The molecule has 0 saturated carbocycles. The Labute approximate surface area is 80.9 Å². The van der Waals surface area contributed by atoms with Gasteiger partial charge in [-0.25, -0.2) is 5.01 Å². The van der Waals surface area contributed by atoms with Gasteiger partial charge in [-0.3, -0.25) is 0 Å². The number of anilines is 1. The second kappa shape index (κ2) is 2.54. The molecule has 14 heavy (non-hydrogen) atoms. The van der Waals surface area contributed by atoms with Crippen molar-refractivity contribution in [3.05, 3.63) is 46.9 Å². The lowest BCUT2D eigenvalue weighted by molar-refractivity contribution is 0.881. The van der Waals surface area contributed by atoms with Gasteiger partial charge >= 0.3 is 0 Å². The van der Waals surface area contributed by atoms with E-state index < -0.39 is 0 Å². The Hall–Kier alpha value is -1.90. The molecule has 0 amide bonds. The number of rotatable bonds is 1. The first-order valence-electron chi connectivity index (χ1n) is 4.51. The van der Waals surface area contributed by atoms with Gasteiger partial charge in [-0.15, -0.1) is 4.91 Å². The number of nitroso groups, excluding NO2 is 1. The summed E-state index contributed by atoms with van der Waals surface area (Å²) in [5, 5.41) is 6.84. The van der Waals surface area contributed by atoms with Gasteiger partial charge < -0.3 is 0 Å². The van der Waals surface area contributed by atoms with Crippen LogP contribution in [0.5, 0.6) is 0 Å². The van der Waals surface area contributed by atoms with Crippen molar-refractivity contribution in [3.8, 4) is 0 Å². The number of hydrogen-bond acceptors (Lipinski definition) is 2. The zero-order valence-corrected chi connectivity index (χ0v) is 7.47. The summed E-state index contributed by atoms with van der Waals surface area (Å²) in [7, 11) is 0. The Morgan fingerprint density at radius 3 is 2.71 bits per heavy atom. The van der Waals surface area contributed by atoms with Crippen molar-refractivity contribution in [1.82, 2.24) is 0 Å². The van der Waals surface area contributed by atoms with Crippen molar-refractivity contribution < 1.29 is 0 Å². The highest BCUT2D eigenvalue weighted by Crippen LogP contribution is 2.36. The zero-order chi connectivity index (χ0) is 9.54. The summed E-state index contributed by atoms with van der Waals surface area (Å²) in [6.07, 6.45) is 0. The SMILES string of the molecule is O=NN1Cc2cccc3cccc1c23. The van der Waals surface area contributed by atoms with Crippen molar-refractivity contribution in [2.45, 2.75) is 6.54 Å². The lowest BCUT2D eigenvalue weighted by Crippen LogP contribution is -2.08. The minimum absolute atomic E-state index is 0.597. The van der Waals surface area contributed by atoms with Crippen LogP contribution in [0.25, 0.3) is 10.8 Å². The van der Waals surface area contributed by atoms with Gasteiger partial charge in [0.05, 0.1) is 17.5 Å². The normalized spacial score (nSPS) is 13.6. The summed E-state index contributed by atoms with van der Waals surface area (Å²) in [5.41, 5.74) is 2.10. The molecule has 0 saturated heterocycles. The molecule has 3 nitrogen and oxygen atoms in total. The van der Waals surface area contributed by atoms with Gasteiger partial charge in [0, 0.05) is 5.39 Å². The smallest absolute Gasteiger partial charge is 0.0712 e. The van der Waals surface area contributed by atoms with E-state index in [9.17, 15) is 4.91 Å². The van der Waals surface area contributed by atoms with E-state index in [1.165, 1.54) is 16.0 Å². The molecule has 0 spiro atoms. The molecule has 3 heteroatoms. The Morgan fingerprint density at radius 1 is 1.14 bits per heavy atom. The van der Waals surface area contributed by atoms with Gasteiger partial charge in [-0.05, 0) is 17.0 Å². The highest BCUT2D eigenvalue weighted by atomic mass is 16.3. The molecular formula is C11H8N2O. The average molecular weight is 184 g/mol. The summed E-state index contributed by atoms with van der Waals surface area (Å²) in [5.74, 6) is 0. The van der Waals surface area contributed by atoms with Gasteiger partial charge in [0.2, 0.25) is 0 Å². The quantitative estimate of drug-likeness (QED) is 0.638. The lowest BCUT2D eigenvalue weighted by Gasteiger charge is -2.06. The van der Waals surface area contributed by atoms with Gasteiger partial charge in [0.15, 0.2) is 0 Å². The first kappa shape index (κ1) is 7.50. The average Bonchev–Trinajstić information content (AvgIpc) is 2.60. The summed E-state index contributed by atoms with van der Waals surface area (Å²) < 4.78 is 0. The third kappa shape index (κ3) is 0.812. The molecule has 68 valence electrons. The molecule has 0 radical (unpaired) electrons. The van der Waals surface area contributed by atoms with Gasteiger partial charge in [-0.2, -0.15) is 0 Å².